The van der Waals surface area contributed by atoms with E-state index in [4.69, 9.17) is 32.9 Å². The van der Waals surface area contributed by atoms with E-state index >= 15 is 0 Å². The lowest BCUT2D eigenvalue weighted by molar-refractivity contribution is 0.0514. The van der Waals surface area contributed by atoms with Crippen LogP contribution >= 0.6 is 23.2 Å². The summed E-state index contributed by atoms with van der Waals surface area (Å²) in [5.41, 5.74) is 4.73. The average Bonchev–Trinajstić information content (AvgIpc) is 3.00. The molecular weight excluding hydrogens is 369 g/mol. The topological polar surface area (TPSA) is 39.4 Å². The van der Waals surface area contributed by atoms with Gasteiger partial charge in [0.05, 0.1) is 22.5 Å². The first-order valence-electron chi connectivity index (χ1n) is 9.02. The Morgan fingerprint density at radius 3 is 2.62 bits per heavy atom. The Kier molecular flexibility index (Phi) is 6.17. The summed E-state index contributed by atoms with van der Waals surface area (Å²) in [6.45, 7) is 6.96. The molecule has 0 spiro atoms. The number of benzene rings is 1. The summed E-state index contributed by atoms with van der Waals surface area (Å²) in [7, 11) is 0. The van der Waals surface area contributed by atoms with Crippen LogP contribution in [0.4, 0.5) is 0 Å². The predicted molar refractivity (Wildman–Crippen MR) is 107 cm³/mol. The maximum absolute atomic E-state index is 6.43. The van der Waals surface area contributed by atoms with Crippen LogP contribution in [-0.4, -0.2) is 21.0 Å². The van der Waals surface area contributed by atoms with E-state index in [0.717, 1.165) is 47.4 Å². The molecule has 4 nitrogen and oxygen atoms in total. The lowest BCUT2D eigenvalue weighted by atomic mass is 10.1. The van der Waals surface area contributed by atoms with Crippen molar-refractivity contribution in [3.05, 3.63) is 52.2 Å². The summed E-state index contributed by atoms with van der Waals surface area (Å²) in [4.78, 5) is 9.35. The quantitative estimate of drug-likeness (QED) is 0.485. The maximum atomic E-state index is 6.43. The highest BCUT2D eigenvalue weighted by Crippen LogP contribution is 2.35. The van der Waals surface area contributed by atoms with Crippen molar-refractivity contribution in [2.75, 3.05) is 6.61 Å². The third-order valence-electron chi connectivity index (χ3n) is 4.43. The van der Waals surface area contributed by atoms with Gasteiger partial charge in [-0.1, -0.05) is 49.5 Å². The molecule has 1 unspecified atom stereocenters. The summed E-state index contributed by atoms with van der Waals surface area (Å²) in [5.74, 6) is 0. The van der Waals surface area contributed by atoms with E-state index in [9.17, 15) is 0 Å². The summed E-state index contributed by atoms with van der Waals surface area (Å²) in [6.07, 6.45) is 6.44. The second kappa shape index (κ2) is 8.38. The molecule has 3 rings (SSSR count). The zero-order valence-corrected chi connectivity index (χ0v) is 16.8. The normalized spacial score (nSPS) is 12.7. The van der Waals surface area contributed by atoms with Gasteiger partial charge in [0.25, 0.3) is 0 Å². The molecule has 1 aromatic carbocycles. The Morgan fingerprint density at radius 1 is 1.15 bits per heavy atom. The van der Waals surface area contributed by atoms with E-state index < -0.39 is 0 Å². The molecule has 0 amide bonds. The van der Waals surface area contributed by atoms with E-state index in [0.29, 0.717) is 16.7 Å². The monoisotopic (exact) mass is 391 g/mol. The fourth-order valence-corrected chi connectivity index (χ4v) is 3.80. The van der Waals surface area contributed by atoms with Crippen LogP contribution in [0.25, 0.3) is 16.8 Å². The third kappa shape index (κ3) is 3.59. The Morgan fingerprint density at radius 2 is 1.96 bits per heavy atom. The van der Waals surface area contributed by atoms with Crippen LogP contribution in [0.3, 0.4) is 0 Å². The Hall–Kier alpha value is -1.62. The molecule has 0 saturated carbocycles. The highest BCUT2D eigenvalue weighted by atomic mass is 35.5. The fourth-order valence-electron chi connectivity index (χ4n) is 3.29. The number of ether oxygens (including phenoxy) is 1. The SMILES string of the molecule is CCCC(OCC)c1c(CC)nc2c(-c3ccc(Cl)cc3Cl)cncn12. The molecule has 0 aliphatic carbocycles. The zero-order valence-electron chi connectivity index (χ0n) is 15.3. The van der Waals surface area contributed by atoms with E-state index in [-0.39, 0.29) is 6.10 Å². The molecule has 138 valence electrons. The van der Waals surface area contributed by atoms with Gasteiger partial charge in [-0.3, -0.25) is 4.40 Å². The number of hydrogen-bond acceptors (Lipinski definition) is 3. The number of rotatable bonds is 7. The van der Waals surface area contributed by atoms with Crippen molar-refractivity contribution >= 4 is 28.8 Å². The summed E-state index contributed by atoms with van der Waals surface area (Å²) in [5, 5.41) is 1.20. The molecule has 1 atom stereocenters. The van der Waals surface area contributed by atoms with E-state index in [1.54, 1.807) is 12.3 Å². The van der Waals surface area contributed by atoms with Crippen molar-refractivity contribution in [2.24, 2.45) is 0 Å². The van der Waals surface area contributed by atoms with Gasteiger partial charge in [0.15, 0.2) is 0 Å². The van der Waals surface area contributed by atoms with Crippen LogP contribution in [0.2, 0.25) is 10.0 Å². The summed E-state index contributed by atoms with van der Waals surface area (Å²) in [6, 6.07) is 5.48. The molecule has 6 heteroatoms. The van der Waals surface area contributed by atoms with Crippen molar-refractivity contribution in [3.8, 4) is 11.1 Å². The molecule has 0 aliphatic rings. The lowest BCUT2D eigenvalue weighted by Gasteiger charge is -2.17. The van der Waals surface area contributed by atoms with Gasteiger partial charge < -0.3 is 4.74 Å². The van der Waals surface area contributed by atoms with E-state index in [1.807, 2.05) is 25.4 Å². The second-order valence-corrected chi connectivity index (χ2v) is 7.00. The van der Waals surface area contributed by atoms with Crippen LogP contribution in [0.5, 0.6) is 0 Å². The van der Waals surface area contributed by atoms with Gasteiger partial charge in [-0.05, 0) is 31.9 Å². The van der Waals surface area contributed by atoms with Crippen LogP contribution < -0.4 is 0 Å². The number of aromatic nitrogens is 3. The minimum atomic E-state index is 0.00712. The standard InChI is InChI=1S/C20H23Cl2N3O/c1-4-7-18(26-6-3)19-17(5-2)24-20-15(11-23-12-25(19)20)14-9-8-13(21)10-16(14)22/h8-12,18H,4-7H2,1-3H3. The third-order valence-corrected chi connectivity index (χ3v) is 4.98. The van der Waals surface area contributed by atoms with Crippen LogP contribution in [-0.2, 0) is 11.2 Å². The highest BCUT2D eigenvalue weighted by Gasteiger charge is 2.23. The van der Waals surface area contributed by atoms with Crippen LogP contribution in [0, 0.1) is 0 Å². The summed E-state index contributed by atoms with van der Waals surface area (Å²) >= 11 is 12.5. The van der Waals surface area contributed by atoms with E-state index in [2.05, 4.69) is 23.2 Å². The Labute approximate surface area is 164 Å². The number of aryl methyl sites for hydroxylation is 1. The van der Waals surface area contributed by atoms with Crippen molar-refractivity contribution in [2.45, 2.75) is 46.1 Å². The molecule has 26 heavy (non-hydrogen) atoms. The number of nitrogens with zero attached hydrogens (tertiary/aromatic N) is 3. The van der Waals surface area contributed by atoms with Crippen molar-refractivity contribution in [1.29, 1.82) is 0 Å². The first-order valence-corrected chi connectivity index (χ1v) is 9.78. The molecule has 2 aromatic heterocycles. The lowest BCUT2D eigenvalue weighted by Crippen LogP contribution is -2.10. The van der Waals surface area contributed by atoms with Gasteiger partial charge in [-0.15, -0.1) is 0 Å². The van der Waals surface area contributed by atoms with Gasteiger partial charge in [-0.2, -0.15) is 0 Å². The number of fused-ring (bicyclic) bond motifs is 1. The molecule has 0 radical (unpaired) electrons. The smallest absolute Gasteiger partial charge is 0.148 e. The Bertz CT molecular complexity index is 901. The number of imidazole rings is 1. The van der Waals surface area contributed by atoms with Crippen LogP contribution in [0.15, 0.2) is 30.7 Å². The molecule has 0 bridgehead atoms. The molecule has 0 saturated heterocycles. The second-order valence-electron chi connectivity index (χ2n) is 6.16. The molecule has 0 aliphatic heterocycles. The Balaban J connectivity index is 2.23. The molecule has 0 fully saturated rings. The van der Waals surface area contributed by atoms with Gasteiger partial charge >= 0.3 is 0 Å². The van der Waals surface area contributed by atoms with Crippen molar-refractivity contribution < 1.29 is 4.74 Å². The first-order chi connectivity index (χ1) is 12.6. The number of hydrogen-bond donors (Lipinski definition) is 0. The predicted octanol–water partition coefficient (Wildman–Crippen LogP) is 6.14. The minimum absolute atomic E-state index is 0.00712. The van der Waals surface area contributed by atoms with Crippen molar-refractivity contribution in [3.63, 3.8) is 0 Å². The van der Waals surface area contributed by atoms with E-state index in [1.165, 1.54) is 0 Å². The largest absolute Gasteiger partial charge is 0.372 e. The average molecular weight is 392 g/mol. The van der Waals surface area contributed by atoms with Crippen molar-refractivity contribution in [1.82, 2.24) is 14.4 Å². The fraction of sp³-hybridized carbons (Fsp3) is 0.400. The van der Waals surface area contributed by atoms with Crippen LogP contribution in [0.1, 0.15) is 51.1 Å². The molecule has 0 N–H and O–H groups in total. The van der Waals surface area contributed by atoms with Gasteiger partial charge in [0.2, 0.25) is 0 Å². The maximum Gasteiger partial charge on any atom is 0.148 e. The number of halogens is 2. The van der Waals surface area contributed by atoms with Gasteiger partial charge in [0, 0.05) is 29.0 Å². The molecular formula is C20H23Cl2N3O. The van der Waals surface area contributed by atoms with Gasteiger partial charge in [-0.25, -0.2) is 9.97 Å². The molecule has 2 heterocycles. The minimum Gasteiger partial charge on any atom is -0.372 e. The zero-order chi connectivity index (χ0) is 18.7. The van der Waals surface area contributed by atoms with Gasteiger partial charge in [0.1, 0.15) is 12.0 Å². The first kappa shape index (κ1) is 19.2. The highest BCUT2D eigenvalue weighted by molar-refractivity contribution is 6.36. The molecule has 3 aromatic rings. The summed E-state index contributed by atoms with van der Waals surface area (Å²) < 4.78 is 8.08.